The molecule has 1 fully saturated rings. The second kappa shape index (κ2) is 4.52. The van der Waals surface area contributed by atoms with Crippen LogP contribution in [0.15, 0.2) is 24.3 Å². The summed E-state index contributed by atoms with van der Waals surface area (Å²) in [6.45, 7) is 0.265. The van der Waals surface area contributed by atoms with Crippen molar-refractivity contribution in [1.29, 1.82) is 0 Å². The third-order valence-electron chi connectivity index (χ3n) is 3.18. The monoisotopic (exact) mass is 290 g/mol. The van der Waals surface area contributed by atoms with Gasteiger partial charge in [0, 0.05) is 5.92 Å². The summed E-state index contributed by atoms with van der Waals surface area (Å²) >= 11 is 1.59. The number of rotatable bonds is 4. The number of hydrogen-bond donors (Lipinski definition) is 0. The summed E-state index contributed by atoms with van der Waals surface area (Å²) in [4.78, 5) is 0.796. The van der Waals surface area contributed by atoms with Crippen molar-refractivity contribution >= 4 is 16.3 Å². The molecule has 1 aromatic carbocycles. The molecule has 0 N–H and O–H groups in total. The van der Waals surface area contributed by atoms with Crippen molar-refractivity contribution in [1.82, 2.24) is 19.8 Å². The van der Waals surface area contributed by atoms with Gasteiger partial charge in [-0.05, 0) is 37.1 Å². The Kier molecular flexibility index (Phi) is 2.66. The Morgan fingerprint density at radius 2 is 2.05 bits per heavy atom. The minimum atomic E-state index is -0.282. The van der Waals surface area contributed by atoms with Crippen molar-refractivity contribution in [3.05, 3.63) is 40.9 Å². The summed E-state index contributed by atoms with van der Waals surface area (Å²) in [6, 6.07) is 5.90. The second-order valence-electron chi connectivity index (χ2n) is 4.77. The molecule has 2 heterocycles. The molecule has 3 aromatic rings. The summed E-state index contributed by atoms with van der Waals surface area (Å²) in [6.07, 6.45) is 2.43. The fourth-order valence-electron chi connectivity index (χ4n) is 1.94. The molecule has 7 heteroatoms. The molecule has 0 amide bonds. The molecule has 0 unspecified atom stereocenters. The third-order valence-corrected chi connectivity index (χ3v) is 4.24. The maximum atomic E-state index is 12.8. The number of fused-ring (bicyclic) bond motifs is 1. The van der Waals surface area contributed by atoms with Gasteiger partial charge in [-0.25, -0.2) is 4.39 Å². The van der Waals surface area contributed by atoms with Crippen LogP contribution < -0.4 is 4.74 Å². The predicted molar refractivity (Wildman–Crippen MR) is 71.4 cm³/mol. The fourth-order valence-corrected chi connectivity index (χ4v) is 2.96. The molecular formula is C13H11FN4OS. The molecular weight excluding hydrogens is 279 g/mol. The van der Waals surface area contributed by atoms with E-state index in [1.165, 1.54) is 25.0 Å². The zero-order valence-electron chi connectivity index (χ0n) is 10.5. The largest absolute Gasteiger partial charge is 0.486 e. The standard InChI is InChI=1S/C13H11FN4OS/c14-9-3-5-10(6-4-9)19-7-11-15-16-13-18(11)17-12(20-13)8-1-2-8/h3-6,8H,1-2,7H2. The number of benzene rings is 1. The minimum Gasteiger partial charge on any atom is -0.486 e. The van der Waals surface area contributed by atoms with Crippen LogP contribution in [-0.2, 0) is 6.61 Å². The van der Waals surface area contributed by atoms with E-state index < -0.39 is 0 Å². The van der Waals surface area contributed by atoms with E-state index in [-0.39, 0.29) is 12.4 Å². The first-order chi connectivity index (χ1) is 9.79. The minimum absolute atomic E-state index is 0.265. The van der Waals surface area contributed by atoms with E-state index in [0.717, 1.165) is 9.97 Å². The van der Waals surface area contributed by atoms with Crippen LogP contribution in [0.5, 0.6) is 5.75 Å². The lowest BCUT2D eigenvalue weighted by Gasteiger charge is -2.03. The Morgan fingerprint density at radius 1 is 1.25 bits per heavy atom. The quantitative estimate of drug-likeness (QED) is 0.741. The molecule has 102 valence electrons. The zero-order chi connectivity index (χ0) is 13.5. The van der Waals surface area contributed by atoms with Crippen molar-refractivity contribution in [2.24, 2.45) is 0 Å². The van der Waals surface area contributed by atoms with Gasteiger partial charge < -0.3 is 4.74 Å². The van der Waals surface area contributed by atoms with Crippen LogP contribution in [0.2, 0.25) is 0 Å². The maximum Gasteiger partial charge on any atom is 0.234 e. The van der Waals surface area contributed by atoms with E-state index in [2.05, 4.69) is 15.3 Å². The SMILES string of the molecule is Fc1ccc(OCc2nnc3sc(C4CC4)nn23)cc1. The molecule has 1 aliphatic rings. The molecule has 0 spiro atoms. The molecule has 2 aromatic heterocycles. The first kappa shape index (κ1) is 11.8. The number of nitrogens with zero attached hydrogens (tertiary/aromatic N) is 4. The lowest BCUT2D eigenvalue weighted by atomic mass is 10.3. The van der Waals surface area contributed by atoms with E-state index in [1.807, 2.05) is 0 Å². The number of halogens is 1. The van der Waals surface area contributed by atoms with Crippen LogP contribution in [0.1, 0.15) is 29.6 Å². The van der Waals surface area contributed by atoms with E-state index in [9.17, 15) is 4.39 Å². The van der Waals surface area contributed by atoms with Gasteiger partial charge in [0.2, 0.25) is 4.96 Å². The molecule has 0 saturated heterocycles. The van der Waals surface area contributed by atoms with Crippen molar-refractivity contribution in [3.8, 4) is 5.75 Å². The first-order valence-corrected chi connectivity index (χ1v) is 7.20. The maximum absolute atomic E-state index is 12.8. The van der Waals surface area contributed by atoms with E-state index in [0.29, 0.717) is 17.5 Å². The zero-order valence-corrected chi connectivity index (χ0v) is 11.3. The third kappa shape index (κ3) is 2.14. The van der Waals surface area contributed by atoms with Crippen molar-refractivity contribution in [3.63, 3.8) is 0 Å². The number of aromatic nitrogens is 4. The predicted octanol–water partition coefficient (Wildman–Crippen LogP) is 2.78. The smallest absolute Gasteiger partial charge is 0.234 e. The van der Waals surface area contributed by atoms with Crippen LogP contribution in [-0.4, -0.2) is 19.8 Å². The average Bonchev–Trinajstić information content (AvgIpc) is 3.11. The highest BCUT2D eigenvalue weighted by atomic mass is 32.1. The molecule has 0 atom stereocenters. The van der Waals surface area contributed by atoms with Gasteiger partial charge >= 0.3 is 0 Å². The number of ether oxygens (including phenoxy) is 1. The van der Waals surface area contributed by atoms with Gasteiger partial charge in [-0.3, -0.25) is 0 Å². The molecule has 0 radical (unpaired) electrons. The van der Waals surface area contributed by atoms with Crippen LogP contribution in [0.3, 0.4) is 0 Å². The summed E-state index contributed by atoms with van der Waals surface area (Å²) in [5.74, 6) is 1.58. The summed E-state index contributed by atoms with van der Waals surface area (Å²) in [5.41, 5.74) is 0. The summed E-state index contributed by atoms with van der Waals surface area (Å²) in [7, 11) is 0. The molecule has 0 bridgehead atoms. The molecule has 4 rings (SSSR count). The molecule has 0 aliphatic heterocycles. The van der Waals surface area contributed by atoms with Gasteiger partial charge in [0.25, 0.3) is 0 Å². The van der Waals surface area contributed by atoms with Gasteiger partial charge in [-0.2, -0.15) is 9.61 Å². The van der Waals surface area contributed by atoms with Crippen LogP contribution in [0.4, 0.5) is 4.39 Å². The molecule has 20 heavy (non-hydrogen) atoms. The van der Waals surface area contributed by atoms with Crippen LogP contribution >= 0.6 is 11.3 Å². The first-order valence-electron chi connectivity index (χ1n) is 6.39. The Hall–Kier alpha value is -2.02. The second-order valence-corrected chi connectivity index (χ2v) is 5.76. The number of hydrogen-bond acceptors (Lipinski definition) is 5. The van der Waals surface area contributed by atoms with Crippen LogP contribution in [0, 0.1) is 5.82 Å². The summed E-state index contributed by atoms with van der Waals surface area (Å²) < 4.78 is 20.1. The highest BCUT2D eigenvalue weighted by Crippen LogP contribution is 2.41. The fraction of sp³-hybridized carbons (Fsp3) is 0.308. The molecule has 1 saturated carbocycles. The van der Waals surface area contributed by atoms with Crippen LogP contribution in [0.25, 0.3) is 4.96 Å². The van der Waals surface area contributed by atoms with Gasteiger partial charge in [-0.15, -0.1) is 10.2 Å². The van der Waals surface area contributed by atoms with Gasteiger partial charge in [0.15, 0.2) is 5.82 Å². The average molecular weight is 290 g/mol. The van der Waals surface area contributed by atoms with Crippen molar-refractivity contribution < 1.29 is 9.13 Å². The van der Waals surface area contributed by atoms with Crippen molar-refractivity contribution in [2.75, 3.05) is 0 Å². The Balaban J connectivity index is 1.54. The van der Waals surface area contributed by atoms with Gasteiger partial charge in [0.1, 0.15) is 23.2 Å². The molecule has 5 nitrogen and oxygen atoms in total. The highest BCUT2D eigenvalue weighted by Gasteiger charge is 2.28. The lowest BCUT2D eigenvalue weighted by Crippen LogP contribution is -2.02. The van der Waals surface area contributed by atoms with E-state index in [4.69, 9.17) is 4.74 Å². The Bertz CT molecular complexity index is 747. The van der Waals surface area contributed by atoms with Crippen molar-refractivity contribution in [2.45, 2.75) is 25.4 Å². The van der Waals surface area contributed by atoms with E-state index >= 15 is 0 Å². The Morgan fingerprint density at radius 3 is 2.80 bits per heavy atom. The molecule has 1 aliphatic carbocycles. The van der Waals surface area contributed by atoms with Gasteiger partial charge in [-0.1, -0.05) is 11.3 Å². The van der Waals surface area contributed by atoms with E-state index in [1.54, 1.807) is 28.0 Å². The summed E-state index contributed by atoms with van der Waals surface area (Å²) in [5, 5.41) is 13.8. The van der Waals surface area contributed by atoms with Gasteiger partial charge in [0.05, 0.1) is 0 Å². The topological polar surface area (TPSA) is 52.3 Å². The lowest BCUT2D eigenvalue weighted by molar-refractivity contribution is 0.292. The Labute approximate surface area is 118 Å². The highest BCUT2D eigenvalue weighted by molar-refractivity contribution is 7.16. The normalized spacial score (nSPS) is 14.8.